The molecule has 0 saturated heterocycles. The summed E-state index contributed by atoms with van der Waals surface area (Å²) >= 11 is 0. The highest BCUT2D eigenvalue weighted by atomic mass is 16.6. The van der Waals surface area contributed by atoms with Gasteiger partial charge in [-0.2, -0.15) is 0 Å². The van der Waals surface area contributed by atoms with Crippen LogP contribution in [0.3, 0.4) is 0 Å². The summed E-state index contributed by atoms with van der Waals surface area (Å²) in [6.45, 7) is 7.68. The molecule has 0 aromatic rings. The summed E-state index contributed by atoms with van der Waals surface area (Å²) in [5, 5.41) is 29.5. The SMILES string of the molecule is CCC[C@@]1(C)CC[C@H]2[C@@H](CCC3C[C@@H](O)C(C/C=N\OCCN)C[C@@]32C)C1=O.O=C(O)C(=O)O. The Hall–Kier alpha value is -2.00. The molecule has 3 saturated carbocycles. The van der Waals surface area contributed by atoms with Crippen molar-refractivity contribution in [2.24, 2.45) is 45.4 Å². The van der Waals surface area contributed by atoms with E-state index >= 15 is 0 Å². The van der Waals surface area contributed by atoms with Crippen molar-refractivity contribution in [2.45, 2.75) is 84.7 Å². The van der Waals surface area contributed by atoms with Crippen LogP contribution >= 0.6 is 0 Å². The van der Waals surface area contributed by atoms with Gasteiger partial charge in [0.25, 0.3) is 0 Å². The lowest BCUT2D eigenvalue weighted by molar-refractivity contribution is -0.159. The number of aliphatic hydroxyl groups excluding tert-OH is 1. The Bertz CT molecular complexity index is 746. The van der Waals surface area contributed by atoms with Crippen LogP contribution in [0.4, 0.5) is 0 Å². The minimum absolute atomic E-state index is 0.111. The maximum Gasteiger partial charge on any atom is 0.414 e. The number of nitrogens with zero attached hydrogens (tertiary/aromatic N) is 1. The third-order valence-electron chi connectivity index (χ3n) is 8.55. The first-order valence-corrected chi connectivity index (χ1v) is 12.5. The Morgan fingerprint density at radius 1 is 1.21 bits per heavy atom. The third-order valence-corrected chi connectivity index (χ3v) is 8.55. The molecule has 3 rings (SSSR count). The molecule has 3 fully saturated rings. The molecule has 0 bridgehead atoms. The topological polar surface area (TPSA) is 160 Å². The van der Waals surface area contributed by atoms with Gasteiger partial charge >= 0.3 is 11.9 Å². The molecule has 2 unspecified atom stereocenters. The molecule has 0 aliphatic heterocycles. The normalized spacial score (nSPS) is 37.2. The first kappa shape index (κ1) is 28.2. The first-order chi connectivity index (χ1) is 16.0. The summed E-state index contributed by atoms with van der Waals surface area (Å²) in [6.07, 6.45) is 10.5. The zero-order valence-corrected chi connectivity index (χ0v) is 20.7. The van der Waals surface area contributed by atoms with E-state index in [2.05, 4.69) is 25.9 Å². The lowest BCUT2D eigenvalue weighted by Crippen LogP contribution is -2.56. The number of fused-ring (bicyclic) bond motifs is 3. The largest absolute Gasteiger partial charge is 0.473 e. The molecule has 194 valence electrons. The highest BCUT2D eigenvalue weighted by Gasteiger charge is 2.57. The van der Waals surface area contributed by atoms with E-state index in [9.17, 15) is 9.90 Å². The van der Waals surface area contributed by atoms with Crippen LogP contribution in [-0.4, -0.2) is 58.5 Å². The fraction of sp³-hybridized carbons (Fsp3) is 0.840. The maximum absolute atomic E-state index is 13.4. The number of hydrogen-bond donors (Lipinski definition) is 4. The molecule has 0 aromatic carbocycles. The number of carboxylic acid groups (broad SMARTS) is 2. The summed E-state index contributed by atoms with van der Waals surface area (Å²) in [5.74, 6) is -1.68. The molecule has 7 atom stereocenters. The molecule has 9 heteroatoms. The smallest absolute Gasteiger partial charge is 0.414 e. The molecule has 0 amide bonds. The van der Waals surface area contributed by atoms with Gasteiger partial charge in [0.1, 0.15) is 12.4 Å². The summed E-state index contributed by atoms with van der Waals surface area (Å²) in [6, 6.07) is 0. The average molecular weight is 483 g/mol. The van der Waals surface area contributed by atoms with Crippen molar-refractivity contribution in [3.05, 3.63) is 0 Å². The van der Waals surface area contributed by atoms with Crippen LogP contribution in [0.15, 0.2) is 5.16 Å². The van der Waals surface area contributed by atoms with Gasteiger partial charge in [-0.3, -0.25) is 4.79 Å². The summed E-state index contributed by atoms with van der Waals surface area (Å²) in [5.41, 5.74) is 5.45. The first-order valence-electron chi connectivity index (χ1n) is 12.5. The molecule has 0 radical (unpaired) electrons. The van der Waals surface area contributed by atoms with E-state index in [-0.39, 0.29) is 28.8 Å². The van der Waals surface area contributed by atoms with Crippen LogP contribution in [0.25, 0.3) is 0 Å². The predicted octanol–water partition coefficient (Wildman–Crippen LogP) is 3.08. The van der Waals surface area contributed by atoms with Crippen LogP contribution in [-0.2, 0) is 19.2 Å². The predicted molar refractivity (Wildman–Crippen MR) is 127 cm³/mol. The van der Waals surface area contributed by atoms with Crippen molar-refractivity contribution in [3.63, 3.8) is 0 Å². The maximum atomic E-state index is 13.4. The second-order valence-corrected chi connectivity index (χ2v) is 10.7. The van der Waals surface area contributed by atoms with E-state index in [4.69, 9.17) is 30.4 Å². The standard InChI is InChI=1S/C23H40N2O3.C2H2O4/c1-4-9-22(2)10-7-19-18(21(22)27)6-5-17-14-20(26)16(15-23(17,19)3)8-12-25-28-13-11-24;3-1(4)2(5)6/h12,16-20,26H,4-11,13-15,24H2,1-3H3;(H,3,4)(H,5,6)/b25-12-;/t16?,17?,18-,19+,20-,22+,23+;/m1./s1. The van der Waals surface area contributed by atoms with Crippen molar-refractivity contribution < 1.29 is 34.5 Å². The van der Waals surface area contributed by atoms with Crippen molar-refractivity contribution in [1.82, 2.24) is 0 Å². The van der Waals surface area contributed by atoms with Gasteiger partial charge in [0.2, 0.25) is 0 Å². The van der Waals surface area contributed by atoms with E-state index in [0.717, 1.165) is 57.8 Å². The zero-order valence-electron chi connectivity index (χ0n) is 20.7. The number of rotatable bonds is 7. The van der Waals surface area contributed by atoms with Crippen LogP contribution in [0.2, 0.25) is 0 Å². The monoisotopic (exact) mass is 482 g/mol. The van der Waals surface area contributed by atoms with Crippen LogP contribution < -0.4 is 5.73 Å². The second-order valence-electron chi connectivity index (χ2n) is 10.7. The second kappa shape index (κ2) is 12.1. The molecule has 0 heterocycles. The van der Waals surface area contributed by atoms with Crippen molar-refractivity contribution in [2.75, 3.05) is 13.2 Å². The van der Waals surface area contributed by atoms with E-state index in [1.54, 1.807) is 6.21 Å². The van der Waals surface area contributed by atoms with Gasteiger partial charge in [-0.1, -0.05) is 32.3 Å². The fourth-order valence-electron chi connectivity index (χ4n) is 6.83. The number of carbonyl (C=O) groups excluding carboxylic acids is 1. The van der Waals surface area contributed by atoms with Gasteiger partial charge in [-0.15, -0.1) is 0 Å². The molecule has 3 aliphatic carbocycles. The van der Waals surface area contributed by atoms with Crippen molar-refractivity contribution in [3.8, 4) is 0 Å². The number of aliphatic hydroxyl groups is 1. The minimum atomic E-state index is -1.82. The van der Waals surface area contributed by atoms with Crippen molar-refractivity contribution >= 4 is 23.9 Å². The Labute approximate surface area is 202 Å². The van der Waals surface area contributed by atoms with Crippen LogP contribution in [0.5, 0.6) is 0 Å². The van der Waals surface area contributed by atoms with Gasteiger partial charge in [0.05, 0.1) is 6.10 Å². The molecular weight excluding hydrogens is 440 g/mol. The number of aliphatic carboxylic acids is 2. The average Bonchev–Trinajstić information content (AvgIpc) is 2.77. The number of ketones is 1. The number of hydrogen-bond acceptors (Lipinski definition) is 7. The lowest BCUT2D eigenvalue weighted by Gasteiger charge is -2.59. The number of carboxylic acids is 2. The Kier molecular flexibility index (Phi) is 10.1. The molecular formula is C25H42N2O7. The molecule has 0 spiro atoms. The Morgan fingerprint density at radius 2 is 1.88 bits per heavy atom. The van der Waals surface area contributed by atoms with Gasteiger partial charge in [-0.25, -0.2) is 9.59 Å². The highest BCUT2D eigenvalue weighted by Crippen LogP contribution is 2.61. The summed E-state index contributed by atoms with van der Waals surface area (Å²) in [4.78, 5) is 36.7. The number of Topliss-reactive ketones (excluding diaryl/α,β-unsaturated/α-hetero) is 1. The van der Waals surface area contributed by atoms with E-state index in [1.165, 1.54) is 0 Å². The Balaban J connectivity index is 0.000000604. The molecule has 3 aliphatic rings. The van der Waals surface area contributed by atoms with E-state index in [1.807, 2.05) is 0 Å². The van der Waals surface area contributed by atoms with Crippen molar-refractivity contribution in [1.29, 1.82) is 0 Å². The summed E-state index contributed by atoms with van der Waals surface area (Å²) in [7, 11) is 0. The van der Waals surface area contributed by atoms with Gasteiger partial charge in [0.15, 0.2) is 0 Å². The van der Waals surface area contributed by atoms with Gasteiger partial charge < -0.3 is 25.9 Å². The number of carbonyl (C=O) groups is 3. The molecule has 34 heavy (non-hydrogen) atoms. The fourth-order valence-corrected chi connectivity index (χ4v) is 6.83. The zero-order chi connectivity index (χ0) is 25.5. The highest BCUT2D eigenvalue weighted by molar-refractivity contribution is 6.27. The molecule has 5 N–H and O–H groups in total. The number of nitrogens with two attached hydrogens (primary N) is 1. The quantitative estimate of drug-likeness (QED) is 0.186. The molecule has 9 nitrogen and oxygen atoms in total. The lowest BCUT2D eigenvalue weighted by atomic mass is 9.45. The van der Waals surface area contributed by atoms with Crippen LogP contribution in [0, 0.1) is 34.5 Å². The van der Waals surface area contributed by atoms with Gasteiger partial charge in [0, 0.05) is 24.1 Å². The third kappa shape index (κ3) is 6.36. The summed E-state index contributed by atoms with van der Waals surface area (Å²) < 4.78 is 0. The minimum Gasteiger partial charge on any atom is -0.473 e. The Morgan fingerprint density at radius 3 is 2.47 bits per heavy atom. The van der Waals surface area contributed by atoms with Gasteiger partial charge in [-0.05, 0) is 74.5 Å². The van der Waals surface area contributed by atoms with E-state index in [0.29, 0.717) is 30.8 Å². The van der Waals surface area contributed by atoms with Crippen LogP contribution in [0.1, 0.15) is 78.6 Å². The molecule has 0 aromatic heterocycles. The number of oxime groups is 1. The van der Waals surface area contributed by atoms with E-state index < -0.39 is 11.9 Å².